The number of hydrogen-bond donors (Lipinski definition) is 1. The Labute approximate surface area is 182 Å². The minimum absolute atomic E-state index is 0.151. The third-order valence-electron chi connectivity index (χ3n) is 4.68. The van der Waals surface area contributed by atoms with E-state index in [9.17, 15) is 9.59 Å². The van der Waals surface area contributed by atoms with Crippen LogP contribution in [0.3, 0.4) is 0 Å². The Morgan fingerprint density at radius 2 is 1.90 bits per heavy atom. The number of carbonyl (C=O) groups is 2. The number of halogens is 1. The van der Waals surface area contributed by atoms with Crippen LogP contribution in [0.5, 0.6) is 0 Å². The van der Waals surface area contributed by atoms with Gasteiger partial charge in [0.25, 0.3) is 5.91 Å². The Morgan fingerprint density at radius 1 is 1.13 bits per heavy atom. The summed E-state index contributed by atoms with van der Waals surface area (Å²) >= 11 is 6.05. The molecule has 4 rings (SSSR count). The molecule has 2 aromatic carbocycles. The summed E-state index contributed by atoms with van der Waals surface area (Å²) in [5.41, 5.74) is 4.62. The number of rotatable bonds is 6. The minimum Gasteiger partial charge on any atom is -0.463 e. The average molecular weight is 436 g/mol. The van der Waals surface area contributed by atoms with Crippen LogP contribution in [0.4, 0.5) is 0 Å². The van der Waals surface area contributed by atoms with E-state index in [1.54, 1.807) is 42.6 Å². The van der Waals surface area contributed by atoms with Crippen LogP contribution in [-0.2, 0) is 11.3 Å². The quantitative estimate of drug-likeness (QED) is 0.275. The molecule has 0 aliphatic heterocycles. The summed E-state index contributed by atoms with van der Waals surface area (Å²) in [5.74, 6) is -0.156. The molecule has 4 aromatic rings. The Hall–Kier alpha value is -3.84. The van der Waals surface area contributed by atoms with Gasteiger partial charge in [0.1, 0.15) is 5.76 Å². The maximum atomic E-state index is 12.3. The van der Waals surface area contributed by atoms with Crippen molar-refractivity contribution in [3.63, 3.8) is 0 Å². The summed E-state index contributed by atoms with van der Waals surface area (Å²) in [6, 6.07) is 17.9. The molecule has 0 aliphatic carbocycles. The van der Waals surface area contributed by atoms with Gasteiger partial charge in [-0.25, -0.2) is 10.2 Å². The Bertz CT molecular complexity index is 1290. The highest BCUT2D eigenvalue weighted by Crippen LogP contribution is 2.22. The molecule has 0 saturated heterocycles. The summed E-state index contributed by atoms with van der Waals surface area (Å²) in [6.45, 7) is 0.414. The summed E-state index contributed by atoms with van der Waals surface area (Å²) in [7, 11) is 1.31. The van der Waals surface area contributed by atoms with Crippen molar-refractivity contribution in [2.45, 2.75) is 6.54 Å². The second-order valence-corrected chi connectivity index (χ2v) is 7.07. The molecule has 2 heterocycles. The molecule has 7 nitrogen and oxygen atoms in total. The smallest absolute Gasteiger partial charge is 0.373 e. The predicted molar refractivity (Wildman–Crippen MR) is 118 cm³/mol. The Kier molecular flexibility index (Phi) is 5.86. The lowest BCUT2D eigenvalue weighted by molar-refractivity contribution is 0.0562. The van der Waals surface area contributed by atoms with Crippen LogP contribution >= 0.6 is 11.6 Å². The topological polar surface area (TPSA) is 85.8 Å². The van der Waals surface area contributed by atoms with Crippen LogP contribution in [0.15, 0.2) is 76.4 Å². The molecule has 156 valence electrons. The number of benzene rings is 2. The molecule has 1 amide bonds. The predicted octanol–water partition coefficient (Wildman–Crippen LogP) is 4.49. The van der Waals surface area contributed by atoms with Gasteiger partial charge in [0.15, 0.2) is 0 Å². The van der Waals surface area contributed by atoms with Gasteiger partial charge in [0.05, 0.1) is 30.5 Å². The van der Waals surface area contributed by atoms with Gasteiger partial charge in [0.2, 0.25) is 5.76 Å². The van der Waals surface area contributed by atoms with Gasteiger partial charge in [-0.15, -0.1) is 0 Å². The number of nitrogens with zero attached hydrogens (tertiary/aromatic N) is 2. The molecule has 31 heavy (non-hydrogen) atoms. The monoisotopic (exact) mass is 435 g/mol. The standard InChI is InChI=1S/C23H18ClN3O4/c1-30-23(29)21-11-10-16(31-21)14-27-13-15(17-6-3-5-9-20(17)27)12-25-26-22(28)18-7-2-4-8-19(18)24/h2-13H,14H2,1H3,(H,26,28)/b25-12-. The number of furan rings is 1. The molecule has 0 saturated carbocycles. The van der Waals surface area contributed by atoms with E-state index in [2.05, 4.69) is 15.3 Å². The molecule has 0 aliphatic rings. The van der Waals surface area contributed by atoms with Gasteiger partial charge in [-0.1, -0.05) is 41.9 Å². The highest BCUT2D eigenvalue weighted by atomic mass is 35.5. The summed E-state index contributed by atoms with van der Waals surface area (Å²) in [4.78, 5) is 23.9. The molecule has 0 spiro atoms. The third-order valence-corrected chi connectivity index (χ3v) is 5.01. The molecule has 0 radical (unpaired) electrons. The van der Waals surface area contributed by atoms with Crippen molar-refractivity contribution in [1.29, 1.82) is 0 Å². The van der Waals surface area contributed by atoms with E-state index in [0.717, 1.165) is 16.5 Å². The van der Waals surface area contributed by atoms with Gasteiger partial charge < -0.3 is 13.7 Å². The first kappa shape index (κ1) is 20.4. The number of ether oxygens (including phenoxy) is 1. The highest BCUT2D eigenvalue weighted by Gasteiger charge is 2.13. The van der Waals surface area contributed by atoms with E-state index in [-0.39, 0.29) is 5.76 Å². The first-order chi connectivity index (χ1) is 15.1. The normalized spacial score (nSPS) is 11.2. The fourth-order valence-electron chi connectivity index (χ4n) is 3.22. The van der Waals surface area contributed by atoms with Gasteiger partial charge in [-0.3, -0.25) is 4.79 Å². The lowest BCUT2D eigenvalue weighted by Crippen LogP contribution is -2.17. The van der Waals surface area contributed by atoms with E-state index in [4.69, 9.17) is 16.0 Å². The van der Waals surface area contributed by atoms with Crippen LogP contribution in [0.1, 0.15) is 32.2 Å². The zero-order chi connectivity index (χ0) is 21.8. The molecular formula is C23H18ClN3O4. The van der Waals surface area contributed by atoms with Crippen LogP contribution in [0, 0.1) is 0 Å². The number of para-hydroxylation sites is 1. The van der Waals surface area contributed by atoms with Gasteiger partial charge in [-0.2, -0.15) is 5.10 Å². The van der Waals surface area contributed by atoms with E-state index in [1.807, 2.05) is 35.0 Å². The van der Waals surface area contributed by atoms with Crippen LogP contribution < -0.4 is 5.43 Å². The maximum absolute atomic E-state index is 12.3. The molecule has 1 N–H and O–H groups in total. The number of carbonyl (C=O) groups excluding carboxylic acids is 2. The van der Waals surface area contributed by atoms with Crippen LogP contribution in [0.25, 0.3) is 10.9 Å². The largest absolute Gasteiger partial charge is 0.463 e. The summed E-state index contributed by atoms with van der Waals surface area (Å²) < 4.78 is 12.2. The Morgan fingerprint density at radius 3 is 2.71 bits per heavy atom. The van der Waals surface area contributed by atoms with Crippen molar-refractivity contribution in [2.24, 2.45) is 5.10 Å². The first-order valence-corrected chi connectivity index (χ1v) is 9.77. The second kappa shape index (κ2) is 8.89. The SMILES string of the molecule is COC(=O)c1ccc(Cn2cc(/C=N\NC(=O)c3ccccc3Cl)c3ccccc32)o1. The average Bonchev–Trinajstić information content (AvgIpc) is 3.39. The summed E-state index contributed by atoms with van der Waals surface area (Å²) in [6.07, 6.45) is 3.48. The van der Waals surface area contributed by atoms with Gasteiger partial charge in [0, 0.05) is 22.7 Å². The number of fused-ring (bicyclic) bond motifs is 1. The lowest BCUT2D eigenvalue weighted by atomic mass is 10.2. The van der Waals surface area contributed by atoms with Crippen molar-refractivity contribution in [2.75, 3.05) is 7.11 Å². The van der Waals surface area contributed by atoms with E-state index < -0.39 is 11.9 Å². The van der Waals surface area contributed by atoms with Gasteiger partial charge in [-0.05, 0) is 30.3 Å². The van der Waals surface area contributed by atoms with E-state index in [1.165, 1.54) is 7.11 Å². The zero-order valence-electron chi connectivity index (χ0n) is 16.5. The van der Waals surface area contributed by atoms with E-state index in [0.29, 0.717) is 22.9 Å². The fourth-order valence-corrected chi connectivity index (χ4v) is 3.44. The van der Waals surface area contributed by atoms with E-state index >= 15 is 0 Å². The molecule has 0 bridgehead atoms. The van der Waals surface area contributed by atoms with Crippen molar-refractivity contribution in [1.82, 2.24) is 9.99 Å². The molecule has 2 aromatic heterocycles. The number of hydrazone groups is 1. The van der Waals surface area contributed by atoms with Crippen LogP contribution in [-0.4, -0.2) is 29.8 Å². The van der Waals surface area contributed by atoms with Crippen molar-refractivity contribution in [3.8, 4) is 0 Å². The zero-order valence-corrected chi connectivity index (χ0v) is 17.3. The molecule has 0 unspecified atom stereocenters. The highest BCUT2D eigenvalue weighted by molar-refractivity contribution is 6.33. The third kappa shape index (κ3) is 4.36. The maximum Gasteiger partial charge on any atom is 0.373 e. The first-order valence-electron chi connectivity index (χ1n) is 9.39. The molecule has 0 atom stereocenters. The Balaban J connectivity index is 1.56. The number of hydrogen-bond acceptors (Lipinski definition) is 5. The van der Waals surface area contributed by atoms with Gasteiger partial charge >= 0.3 is 5.97 Å². The van der Waals surface area contributed by atoms with Crippen LogP contribution in [0.2, 0.25) is 5.02 Å². The van der Waals surface area contributed by atoms with Crippen molar-refractivity contribution in [3.05, 3.63) is 94.5 Å². The second-order valence-electron chi connectivity index (χ2n) is 6.67. The van der Waals surface area contributed by atoms with Crippen molar-refractivity contribution >= 4 is 40.6 Å². The van der Waals surface area contributed by atoms with Crippen molar-refractivity contribution < 1.29 is 18.7 Å². The fraction of sp³-hybridized carbons (Fsp3) is 0.0870. The number of aromatic nitrogens is 1. The summed E-state index contributed by atoms with van der Waals surface area (Å²) in [5, 5.41) is 5.40. The number of amides is 1. The molecule has 0 fully saturated rings. The molecular weight excluding hydrogens is 418 g/mol. The lowest BCUT2D eigenvalue weighted by Gasteiger charge is -2.02. The number of methoxy groups -OCH3 is 1. The molecule has 8 heteroatoms. The minimum atomic E-state index is -0.523. The number of nitrogens with one attached hydrogen (secondary N) is 1. The number of esters is 1.